The second kappa shape index (κ2) is 4.32. The molecule has 0 amide bonds. The number of benzene rings is 1. The van der Waals surface area contributed by atoms with Crippen molar-refractivity contribution in [2.45, 2.75) is 13.8 Å². The molecule has 1 aromatic carbocycles. The molecule has 0 radical (unpaired) electrons. The van der Waals surface area contributed by atoms with Crippen LogP contribution in [-0.4, -0.2) is 5.49 Å². The summed E-state index contributed by atoms with van der Waals surface area (Å²) in [5, 5.41) is 1.59. The number of thiocarbonyl (C=S) groups is 1. The van der Waals surface area contributed by atoms with Gasteiger partial charge >= 0.3 is 0 Å². The molecule has 0 saturated carbocycles. The number of nitrogens with one attached hydrogen (secondary N) is 1. The molecule has 0 unspecified atom stereocenters. The molecule has 0 bridgehead atoms. The fourth-order valence-electron chi connectivity index (χ4n) is 1.26. The van der Waals surface area contributed by atoms with Crippen LogP contribution in [0.5, 0.6) is 0 Å². The zero-order valence-electron chi connectivity index (χ0n) is 7.74. The molecule has 13 heavy (non-hydrogen) atoms. The first-order valence-electron chi connectivity index (χ1n) is 3.96. The molecule has 1 rings (SSSR count). The largest absolute Gasteiger partial charge is 0.260 e. The van der Waals surface area contributed by atoms with Crippen LogP contribution in [-0.2, 0) is 0 Å². The van der Waals surface area contributed by atoms with E-state index in [-0.39, 0.29) is 0 Å². The molecule has 3 N–H and O–H groups in total. The molecular weight excluding hydrogens is 182 g/mol. The Labute approximate surface area is 83.5 Å². The number of nitrogens with two attached hydrogens (primary N) is 1. The summed E-state index contributed by atoms with van der Waals surface area (Å²) in [6, 6.07) is 6.12. The normalized spacial score (nSPS) is 9.77. The Kier molecular flexibility index (Phi) is 3.36. The minimum atomic E-state index is 0.954. The lowest BCUT2D eigenvalue weighted by molar-refractivity contribution is 0.788. The first-order valence-corrected chi connectivity index (χ1v) is 4.43. The van der Waals surface area contributed by atoms with Gasteiger partial charge in [-0.3, -0.25) is 10.9 Å². The zero-order chi connectivity index (χ0) is 9.84. The lowest BCUT2D eigenvalue weighted by Gasteiger charge is -2.17. The summed E-state index contributed by atoms with van der Waals surface area (Å²) in [7, 11) is 0. The van der Waals surface area contributed by atoms with E-state index in [9.17, 15) is 0 Å². The Morgan fingerprint density at radius 2 is 1.85 bits per heavy atom. The van der Waals surface area contributed by atoms with Crippen LogP contribution in [0.1, 0.15) is 11.1 Å². The van der Waals surface area contributed by atoms with E-state index in [0.717, 1.165) is 5.69 Å². The first-order chi connectivity index (χ1) is 6.17. The van der Waals surface area contributed by atoms with E-state index in [2.05, 4.69) is 11.6 Å². The van der Waals surface area contributed by atoms with Gasteiger partial charge in [0.1, 0.15) is 0 Å². The quantitative estimate of drug-likeness (QED) is 0.435. The van der Waals surface area contributed by atoms with Gasteiger partial charge in [0, 0.05) is 0 Å². The highest BCUT2D eigenvalue weighted by Crippen LogP contribution is 2.15. The summed E-state index contributed by atoms with van der Waals surface area (Å²) in [6.45, 7) is 4.07. The molecule has 0 aliphatic heterocycles. The van der Waals surface area contributed by atoms with Crippen molar-refractivity contribution in [3.8, 4) is 0 Å². The number of anilines is 1. The smallest absolute Gasteiger partial charge is 0.0859 e. The Bertz CT molecular complexity index is 291. The summed E-state index contributed by atoms with van der Waals surface area (Å²) in [4.78, 5) is 0. The summed E-state index contributed by atoms with van der Waals surface area (Å²) in [6.07, 6.45) is 0. The van der Waals surface area contributed by atoms with Crippen LogP contribution in [0.2, 0.25) is 0 Å². The average molecular weight is 195 g/mol. The summed E-state index contributed by atoms with van der Waals surface area (Å²) in [5.41, 5.74) is 7.29. The van der Waals surface area contributed by atoms with E-state index < -0.39 is 0 Å². The fraction of sp³-hybridized carbons (Fsp3) is 0.222. The van der Waals surface area contributed by atoms with Gasteiger partial charge in [-0.25, -0.2) is 0 Å². The van der Waals surface area contributed by atoms with E-state index in [0.29, 0.717) is 0 Å². The third kappa shape index (κ3) is 2.48. The maximum atomic E-state index is 5.29. The Balaban J connectivity index is 3.05. The van der Waals surface area contributed by atoms with Crippen molar-refractivity contribution < 1.29 is 0 Å². The Hall–Kier alpha value is -0.970. The van der Waals surface area contributed by atoms with Gasteiger partial charge in [0.05, 0.1) is 11.2 Å². The molecule has 1 aromatic rings. The minimum Gasteiger partial charge on any atom is -0.260 e. The number of hydrogen-bond donors (Lipinski definition) is 2. The van der Waals surface area contributed by atoms with Crippen molar-refractivity contribution in [3.63, 3.8) is 0 Å². The van der Waals surface area contributed by atoms with Gasteiger partial charge < -0.3 is 0 Å². The molecule has 0 spiro atoms. The number of nitrogens with zero attached hydrogens (tertiary/aromatic N) is 1. The summed E-state index contributed by atoms with van der Waals surface area (Å²) >= 11 is 4.80. The Morgan fingerprint density at radius 1 is 1.31 bits per heavy atom. The van der Waals surface area contributed by atoms with Crippen LogP contribution in [0, 0.1) is 13.8 Å². The van der Waals surface area contributed by atoms with Crippen LogP contribution >= 0.6 is 12.2 Å². The summed E-state index contributed by atoms with van der Waals surface area (Å²) < 4.78 is 0. The fourth-order valence-corrected chi connectivity index (χ4v) is 1.44. The second-order valence-corrected chi connectivity index (χ2v) is 3.16. The predicted octanol–water partition coefficient (Wildman–Crippen LogP) is 1.45. The van der Waals surface area contributed by atoms with Gasteiger partial charge in [0.2, 0.25) is 0 Å². The van der Waals surface area contributed by atoms with E-state index in [4.69, 9.17) is 18.1 Å². The van der Waals surface area contributed by atoms with Crippen molar-refractivity contribution in [1.29, 1.82) is 0 Å². The standard InChI is InChI=1S/C9H13N3S/c1-7-3-8(2)5-9(4-7)12(6-13)11-10/h3-6,11H,10H2,1-2H3. The Morgan fingerprint density at radius 3 is 2.23 bits per heavy atom. The van der Waals surface area contributed by atoms with Crippen LogP contribution in [0.4, 0.5) is 5.69 Å². The maximum Gasteiger partial charge on any atom is 0.0859 e. The SMILES string of the molecule is Cc1cc(C)cc(N(C=S)NN)c1. The van der Waals surface area contributed by atoms with Crippen molar-refractivity contribution in [2.24, 2.45) is 5.84 Å². The third-order valence-corrected chi connectivity index (χ3v) is 1.94. The monoisotopic (exact) mass is 195 g/mol. The van der Waals surface area contributed by atoms with E-state index in [1.54, 1.807) is 5.01 Å². The topological polar surface area (TPSA) is 41.3 Å². The van der Waals surface area contributed by atoms with E-state index in [1.807, 2.05) is 26.0 Å². The lowest BCUT2D eigenvalue weighted by atomic mass is 10.1. The minimum absolute atomic E-state index is 0.954. The molecule has 3 nitrogen and oxygen atoms in total. The van der Waals surface area contributed by atoms with Crippen molar-refractivity contribution in [3.05, 3.63) is 29.3 Å². The van der Waals surface area contributed by atoms with Crippen LogP contribution in [0.15, 0.2) is 18.2 Å². The van der Waals surface area contributed by atoms with Gasteiger partial charge in [-0.1, -0.05) is 18.3 Å². The van der Waals surface area contributed by atoms with Gasteiger partial charge in [-0.2, -0.15) is 5.53 Å². The van der Waals surface area contributed by atoms with E-state index >= 15 is 0 Å². The van der Waals surface area contributed by atoms with Crippen LogP contribution in [0.25, 0.3) is 0 Å². The highest BCUT2D eigenvalue weighted by molar-refractivity contribution is 7.79. The molecule has 4 heteroatoms. The second-order valence-electron chi connectivity index (χ2n) is 2.95. The first kappa shape index (κ1) is 10.1. The zero-order valence-corrected chi connectivity index (χ0v) is 8.56. The molecule has 0 aliphatic carbocycles. The van der Waals surface area contributed by atoms with Gasteiger partial charge in [-0.15, -0.1) is 0 Å². The average Bonchev–Trinajstić information content (AvgIpc) is 2.04. The number of hydrazine groups is 2. The number of rotatable bonds is 3. The maximum absolute atomic E-state index is 5.29. The van der Waals surface area contributed by atoms with Crippen molar-refractivity contribution in [2.75, 3.05) is 5.01 Å². The molecule has 0 fully saturated rings. The number of aryl methyl sites for hydroxylation is 2. The number of hydrogen-bond acceptors (Lipinski definition) is 3. The van der Waals surface area contributed by atoms with Crippen LogP contribution < -0.4 is 16.4 Å². The van der Waals surface area contributed by atoms with Gasteiger partial charge in [0.15, 0.2) is 0 Å². The van der Waals surface area contributed by atoms with Crippen molar-refractivity contribution in [1.82, 2.24) is 5.53 Å². The van der Waals surface area contributed by atoms with Crippen molar-refractivity contribution >= 4 is 23.4 Å². The molecule has 0 aliphatic rings. The molecule has 0 atom stereocenters. The van der Waals surface area contributed by atoms with Gasteiger partial charge in [-0.05, 0) is 37.1 Å². The third-order valence-electron chi connectivity index (χ3n) is 1.73. The van der Waals surface area contributed by atoms with Crippen LogP contribution in [0.3, 0.4) is 0 Å². The molecule has 0 saturated heterocycles. The molecule has 70 valence electrons. The highest BCUT2D eigenvalue weighted by atomic mass is 32.1. The molecule has 0 aromatic heterocycles. The molecule has 0 heterocycles. The highest BCUT2D eigenvalue weighted by Gasteiger charge is 2.01. The van der Waals surface area contributed by atoms with E-state index in [1.165, 1.54) is 16.6 Å². The van der Waals surface area contributed by atoms with Gasteiger partial charge in [0.25, 0.3) is 0 Å². The predicted molar refractivity (Wildman–Crippen MR) is 59.4 cm³/mol. The lowest BCUT2D eigenvalue weighted by Crippen LogP contribution is -2.41. The molecular formula is C9H13N3S. The summed E-state index contributed by atoms with van der Waals surface area (Å²) in [5.74, 6) is 5.29.